The lowest BCUT2D eigenvalue weighted by Crippen LogP contribution is -2.13. The summed E-state index contributed by atoms with van der Waals surface area (Å²) in [4.78, 5) is 10.3. The van der Waals surface area contributed by atoms with Gasteiger partial charge in [-0.2, -0.15) is 0 Å². The molecule has 1 N–H and O–H groups in total. The molecule has 1 atom stereocenters. The standard InChI is InChI=1S/C11H13FO3/c1-8(6-11(13)14)15-7-9-4-2-3-5-10(9)12/h2-5,8H,6-7H2,1H3,(H,13,14)/t8-/m0/s1. The molecular formula is C11H13FO3. The van der Waals surface area contributed by atoms with Gasteiger partial charge in [-0.05, 0) is 13.0 Å². The molecule has 0 aliphatic rings. The average Bonchev–Trinajstić information content (AvgIpc) is 2.15. The second-order valence-electron chi connectivity index (χ2n) is 3.31. The van der Waals surface area contributed by atoms with Gasteiger partial charge in [0.2, 0.25) is 0 Å². The summed E-state index contributed by atoms with van der Waals surface area (Å²) in [5.41, 5.74) is 0.440. The molecule has 0 amide bonds. The van der Waals surface area contributed by atoms with E-state index in [9.17, 15) is 9.18 Å². The first-order chi connectivity index (χ1) is 7.09. The maximum Gasteiger partial charge on any atom is 0.305 e. The number of hydrogen-bond acceptors (Lipinski definition) is 2. The third-order valence-electron chi connectivity index (χ3n) is 1.94. The minimum absolute atomic E-state index is 0.0749. The van der Waals surface area contributed by atoms with Crippen LogP contribution < -0.4 is 0 Å². The molecule has 0 fully saturated rings. The van der Waals surface area contributed by atoms with Crippen molar-refractivity contribution in [2.45, 2.75) is 26.1 Å². The molecule has 0 aromatic heterocycles. The Hall–Kier alpha value is -1.42. The first-order valence-corrected chi connectivity index (χ1v) is 4.66. The molecule has 0 unspecified atom stereocenters. The molecule has 82 valence electrons. The van der Waals surface area contributed by atoms with Crippen LogP contribution in [-0.4, -0.2) is 17.2 Å². The van der Waals surface area contributed by atoms with E-state index in [4.69, 9.17) is 9.84 Å². The number of rotatable bonds is 5. The SMILES string of the molecule is C[C@@H](CC(=O)O)OCc1ccccc1F. The quantitative estimate of drug-likeness (QED) is 0.813. The molecule has 1 aromatic carbocycles. The van der Waals surface area contributed by atoms with Crippen molar-refractivity contribution in [1.82, 2.24) is 0 Å². The molecule has 0 aliphatic heterocycles. The second-order valence-corrected chi connectivity index (χ2v) is 3.31. The minimum Gasteiger partial charge on any atom is -0.481 e. The molecule has 0 aliphatic carbocycles. The number of halogens is 1. The van der Waals surface area contributed by atoms with Crippen LogP contribution in [0.4, 0.5) is 4.39 Å². The molecule has 1 rings (SSSR count). The molecule has 3 nitrogen and oxygen atoms in total. The Morgan fingerprint density at radius 3 is 2.80 bits per heavy atom. The average molecular weight is 212 g/mol. The number of carbonyl (C=O) groups is 1. The predicted molar refractivity (Wildman–Crippen MR) is 52.9 cm³/mol. The molecule has 0 spiro atoms. The normalized spacial score (nSPS) is 12.4. The highest BCUT2D eigenvalue weighted by Crippen LogP contribution is 2.09. The number of hydrogen-bond donors (Lipinski definition) is 1. The van der Waals surface area contributed by atoms with Crippen LogP contribution >= 0.6 is 0 Å². The van der Waals surface area contributed by atoms with Gasteiger partial charge >= 0.3 is 5.97 Å². The molecule has 0 radical (unpaired) electrons. The van der Waals surface area contributed by atoms with Gasteiger partial charge in [0, 0.05) is 5.56 Å². The maximum atomic E-state index is 13.1. The summed E-state index contributed by atoms with van der Waals surface area (Å²) in [5.74, 6) is -1.25. The summed E-state index contributed by atoms with van der Waals surface area (Å²) in [6, 6.07) is 6.27. The molecule has 0 saturated carbocycles. The van der Waals surface area contributed by atoms with Gasteiger partial charge in [0.25, 0.3) is 0 Å². The van der Waals surface area contributed by atoms with E-state index in [-0.39, 0.29) is 18.8 Å². The van der Waals surface area contributed by atoms with Crippen LogP contribution in [0.25, 0.3) is 0 Å². The fourth-order valence-corrected chi connectivity index (χ4v) is 1.15. The highest BCUT2D eigenvalue weighted by atomic mass is 19.1. The van der Waals surface area contributed by atoms with Crippen molar-refractivity contribution in [3.63, 3.8) is 0 Å². The van der Waals surface area contributed by atoms with Crippen LogP contribution in [-0.2, 0) is 16.1 Å². The van der Waals surface area contributed by atoms with Gasteiger partial charge in [0.05, 0.1) is 19.1 Å². The molecule has 1 aromatic rings. The number of aliphatic carboxylic acids is 1. The van der Waals surface area contributed by atoms with Gasteiger partial charge in [-0.1, -0.05) is 18.2 Å². The third kappa shape index (κ3) is 4.08. The smallest absolute Gasteiger partial charge is 0.305 e. The Kier molecular flexibility index (Phi) is 4.24. The van der Waals surface area contributed by atoms with E-state index < -0.39 is 12.1 Å². The maximum absolute atomic E-state index is 13.1. The Labute approximate surface area is 87.5 Å². The molecular weight excluding hydrogens is 199 g/mol. The topological polar surface area (TPSA) is 46.5 Å². The fraction of sp³-hybridized carbons (Fsp3) is 0.364. The van der Waals surface area contributed by atoms with Gasteiger partial charge < -0.3 is 9.84 Å². The number of ether oxygens (including phenoxy) is 1. The van der Waals surface area contributed by atoms with E-state index in [2.05, 4.69) is 0 Å². The van der Waals surface area contributed by atoms with Gasteiger partial charge in [0.1, 0.15) is 5.82 Å². The lowest BCUT2D eigenvalue weighted by molar-refractivity contribution is -0.140. The minimum atomic E-state index is -0.920. The van der Waals surface area contributed by atoms with Crippen molar-refractivity contribution in [2.75, 3.05) is 0 Å². The number of carboxylic acids is 1. The van der Waals surface area contributed by atoms with Gasteiger partial charge in [-0.15, -0.1) is 0 Å². The Balaban J connectivity index is 2.43. The van der Waals surface area contributed by atoms with E-state index >= 15 is 0 Å². The lowest BCUT2D eigenvalue weighted by Gasteiger charge is -2.10. The van der Waals surface area contributed by atoms with Gasteiger partial charge in [-0.25, -0.2) is 4.39 Å². The largest absolute Gasteiger partial charge is 0.481 e. The van der Waals surface area contributed by atoms with Crippen LogP contribution in [0.15, 0.2) is 24.3 Å². The van der Waals surface area contributed by atoms with Crippen molar-refractivity contribution in [3.05, 3.63) is 35.6 Å². The number of carboxylic acid groups (broad SMARTS) is 1. The Bertz CT molecular complexity index is 338. The van der Waals surface area contributed by atoms with E-state index in [1.807, 2.05) is 0 Å². The van der Waals surface area contributed by atoms with E-state index in [0.29, 0.717) is 5.56 Å². The summed E-state index contributed by atoms with van der Waals surface area (Å²) in [7, 11) is 0. The summed E-state index contributed by atoms with van der Waals surface area (Å²) in [6.07, 6.45) is -0.490. The van der Waals surface area contributed by atoms with Gasteiger partial charge in [0.15, 0.2) is 0 Å². The Morgan fingerprint density at radius 1 is 1.53 bits per heavy atom. The van der Waals surface area contributed by atoms with Crippen molar-refractivity contribution < 1.29 is 19.0 Å². The van der Waals surface area contributed by atoms with Crippen molar-refractivity contribution in [3.8, 4) is 0 Å². The fourth-order valence-electron chi connectivity index (χ4n) is 1.15. The first kappa shape index (κ1) is 11.7. The summed E-state index contributed by atoms with van der Waals surface area (Å²) >= 11 is 0. The van der Waals surface area contributed by atoms with Crippen LogP contribution in [0.3, 0.4) is 0 Å². The first-order valence-electron chi connectivity index (χ1n) is 4.66. The molecule has 0 bridgehead atoms. The zero-order valence-corrected chi connectivity index (χ0v) is 8.44. The zero-order chi connectivity index (χ0) is 11.3. The summed E-state index contributed by atoms with van der Waals surface area (Å²) in [5, 5.41) is 8.48. The van der Waals surface area contributed by atoms with Crippen molar-refractivity contribution >= 4 is 5.97 Å². The predicted octanol–water partition coefficient (Wildman–Crippen LogP) is 2.21. The van der Waals surface area contributed by atoms with Crippen molar-refractivity contribution in [2.24, 2.45) is 0 Å². The molecule has 4 heteroatoms. The third-order valence-corrected chi connectivity index (χ3v) is 1.94. The lowest BCUT2D eigenvalue weighted by atomic mass is 10.2. The second kappa shape index (κ2) is 5.46. The van der Waals surface area contributed by atoms with E-state index in [0.717, 1.165) is 0 Å². The monoisotopic (exact) mass is 212 g/mol. The van der Waals surface area contributed by atoms with E-state index in [1.165, 1.54) is 6.07 Å². The summed E-state index contributed by atoms with van der Waals surface area (Å²) < 4.78 is 18.3. The highest BCUT2D eigenvalue weighted by Gasteiger charge is 2.09. The number of benzene rings is 1. The van der Waals surface area contributed by atoms with E-state index in [1.54, 1.807) is 25.1 Å². The molecule has 15 heavy (non-hydrogen) atoms. The molecule has 0 heterocycles. The van der Waals surface area contributed by atoms with Gasteiger partial charge in [-0.3, -0.25) is 4.79 Å². The van der Waals surface area contributed by atoms with Crippen LogP contribution in [0.5, 0.6) is 0 Å². The van der Waals surface area contributed by atoms with Crippen LogP contribution in [0.1, 0.15) is 18.9 Å². The zero-order valence-electron chi connectivity index (χ0n) is 8.44. The summed E-state index contributed by atoms with van der Waals surface area (Å²) in [6.45, 7) is 1.75. The van der Waals surface area contributed by atoms with Crippen LogP contribution in [0, 0.1) is 5.82 Å². The van der Waals surface area contributed by atoms with Crippen LogP contribution in [0.2, 0.25) is 0 Å². The van der Waals surface area contributed by atoms with Crippen molar-refractivity contribution in [1.29, 1.82) is 0 Å². The Morgan fingerprint density at radius 2 is 2.20 bits per heavy atom. The highest BCUT2D eigenvalue weighted by molar-refractivity contribution is 5.67. The molecule has 0 saturated heterocycles.